The molecule has 0 aromatic heterocycles. The number of benzene rings is 1. The number of rotatable bonds is 4. The molecule has 1 aromatic carbocycles. The van der Waals surface area contributed by atoms with Gasteiger partial charge in [-0.1, -0.05) is 0 Å². The van der Waals surface area contributed by atoms with E-state index in [1.165, 1.54) is 12.0 Å². The lowest BCUT2D eigenvalue weighted by molar-refractivity contribution is -0.136. The smallest absolute Gasteiger partial charge is 0.404 e. The number of nitrogens with zero attached hydrogens (tertiary/aromatic N) is 1. The minimum atomic E-state index is -1.17. The summed E-state index contributed by atoms with van der Waals surface area (Å²) in [5, 5.41) is 13.2. The van der Waals surface area contributed by atoms with Crippen LogP contribution in [0.2, 0.25) is 0 Å². The molecule has 1 unspecified atom stereocenters. The van der Waals surface area contributed by atoms with Crippen molar-refractivity contribution in [3.63, 3.8) is 0 Å². The molecule has 2 aliphatic rings. The van der Waals surface area contributed by atoms with E-state index in [9.17, 15) is 19.2 Å². The van der Waals surface area contributed by atoms with Crippen LogP contribution in [0.3, 0.4) is 0 Å². The van der Waals surface area contributed by atoms with Gasteiger partial charge in [-0.05, 0) is 24.1 Å². The van der Waals surface area contributed by atoms with Gasteiger partial charge in [-0.25, -0.2) is 4.79 Å². The number of carbonyl (C=O) groups excluding carboxylic acids is 3. The van der Waals surface area contributed by atoms with E-state index in [1.54, 1.807) is 12.1 Å². The molecule has 9 nitrogen and oxygen atoms in total. The normalized spacial score (nSPS) is 19.5. The standard InChI is InChI=1S/C16H17N3O6/c1-25-12-5-8(6-17-16(23)24)4-9-10(12)7-19(15(9)22)11-2-3-13(20)18-14(11)21/h4-5,11,17H,2-3,6-7H2,1H3,(H,23,24)(H,18,20,21). The zero-order valence-electron chi connectivity index (χ0n) is 13.5. The molecule has 0 spiro atoms. The monoisotopic (exact) mass is 347 g/mol. The highest BCUT2D eigenvalue weighted by molar-refractivity contribution is 6.05. The second-order valence-corrected chi connectivity index (χ2v) is 5.88. The average molecular weight is 347 g/mol. The minimum absolute atomic E-state index is 0.0324. The number of imide groups is 1. The highest BCUT2D eigenvalue weighted by Crippen LogP contribution is 2.34. The molecule has 1 fully saturated rings. The Bertz CT molecular complexity index is 775. The summed E-state index contributed by atoms with van der Waals surface area (Å²) in [6, 6.07) is 2.56. The number of ether oxygens (including phenoxy) is 1. The molecule has 3 rings (SSSR count). The maximum atomic E-state index is 12.8. The van der Waals surface area contributed by atoms with Gasteiger partial charge < -0.3 is 20.1 Å². The summed E-state index contributed by atoms with van der Waals surface area (Å²) in [6.45, 7) is 0.237. The molecule has 4 amide bonds. The van der Waals surface area contributed by atoms with Gasteiger partial charge in [0.1, 0.15) is 11.8 Å². The third-order valence-corrected chi connectivity index (χ3v) is 4.34. The van der Waals surface area contributed by atoms with Crippen LogP contribution in [-0.4, -0.2) is 47.0 Å². The molecular weight excluding hydrogens is 330 g/mol. The van der Waals surface area contributed by atoms with Crippen molar-refractivity contribution >= 4 is 23.8 Å². The van der Waals surface area contributed by atoms with Crippen LogP contribution in [0, 0.1) is 0 Å². The predicted molar refractivity (Wildman–Crippen MR) is 83.9 cm³/mol. The number of amides is 4. The number of hydrogen-bond acceptors (Lipinski definition) is 5. The molecule has 0 bridgehead atoms. The predicted octanol–water partition coefficient (Wildman–Crippen LogP) is 0.224. The zero-order valence-corrected chi connectivity index (χ0v) is 13.5. The van der Waals surface area contributed by atoms with Crippen molar-refractivity contribution < 1.29 is 29.0 Å². The Morgan fingerprint density at radius 1 is 1.40 bits per heavy atom. The third-order valence-electron chi connectivity index (χ3n) is 4.34. The first-order valence-electron chi connectivity index (χ1n) is 7.72. The van der Waals surface area contributed by atoms with Crippen LogP contribution in [0.25, 0.3) is 0 Å². The molecule has 1 saturated heterocycles. The second kappa shape index (κ2) is 6.42. The number of carboxylic acid groups (broad SMARTS) is 1. The zero-order chi connectivity index (χ0) is 18.1. The van der Waals surface area contributed by atoms with Gasteiger partial charge in [0.25, 0.3) is 5.91 Å². The molecule has 2 heterocycles. The summed E-state index contributed by atoms with van der Waals surface area (Å²) in [7, 11) is 1.46. The third kappa shape index (κ3) is 3.12. The summed E-state index contributed by atoms with van der Waals surface area (Å²) in [4.78, 5) is 48.2. The summed E-state index contributed by atoms with van der Waals surface area (Å²) in [5.41, 5.74) is 1.61. The van der Waals surface area contributed by atoms with E-state index in [4.69, 9.17) is 9.84 Å². The van der Waals surface area contributed by atoms with Crippen LogP contribution in [0.4, 0.5) is 4.79 Å². The van der Waals surface area contributed by atoms with E-state index < -0.39 is 18.0 Å². The molecule has 2 aliphatic heterocycles. The maximum absolute atomic E-state index is 12.8. The van der Waals surface area contributed by atoms with Crippen LogP contribution < -0.4 is 15.4 Å². The molecule has 0 aliphatic carbocycles. The summed E-state index contributed by atoms with van der Waals surface area (Å²) < 4.78 is 5.32. The van der Waals surface area contributed by atoms with Gasteiger partial charge in [0.05, 0.1) is 13.7 Å². The van der Waals surface area contributed by atoms with Crippen LogP contribution in [-0.2, 0) is 22.7 Å². The number of fused-ring (bicyclic) bond motifs is 1. The van der Waals surface area contributed by atoms with E-state index in [0.717, 1.165) is 0 Å². The molecule has 1 aromatic rings. The molecule has 1 atom stereocenters. The Morgan fingerprint density at radius 3 is 2.80 bits per heavy atom. The highest BCUT2D eigenvalue weighted by Gasteiger charge is 2.40. The lowest BCUT2D eigenvalue weighted by atomic mass is 10.0. The van der Waals surface area contributed by atoms with E-state index in [1.807, 2.05) is 0 Å². The number of hydrogen-bond donors (Lipinski definition) is 3. The average Bonchev–Trinajstić information content (AvgIpc) is 2.89. The first-order chi connectivity index (χ1) is 11.9. The van der Waals surface area contributed by atoms with Gasteiger partial charge in [-0.3, -0.25) is 19.7 Å². The summed E-state index contributed by atoms with van der Waals surface area (Å²) in [5.74, 6) is -0.697. The number of nitrogens with one attached hydrogen (secondary N) is 2. The lowest BCUT2D eigenvalue weighted by Crippen LogP contribution is -2.52. The summed E-state index contributed by atoms with van der Waals surface area (Å²) >= 11 is 0. The van der Waals surface area contributed by atoms with Crippen LogP contribution in [0.15, 0.2) is 12.1 Å². The van der Waals surface area contributed by atoms with E-state index in [0.29, 0.717) is 22.4 Å². The van der Waals surface area contributed by atoms with E-state index >= 15 is 0 Å². The first-order valence-corrected chi connectivity index (χ1v) is 7.72. The van der Waals surface area contributed by atoms with Crippen molar-refractivity contribution in [3.05, 3.63) is 28.8 Å². The van der Waals surface area contributed by atoms with Crippen molar-refractivity contribution in [3.8, 4) is 5.75 Å². The lowest BCUT2D eigenvalue weighted by Gasteiger charge is -2.29. The van der Waals surface area contributed by atoms with Gasteiger partial charge in [-0.2, -0.15) is 0 Å². The quantitative estimate of drug-likeness (QED) is 0.669. The highest BCUT2D eigenvalue weighted by atomic mass is 16.5. The van der Waals surface area contributed by atoms with Crippen molar-refractivity contribution in [2.45, 2.75) is 32.0 Å². The Morgan fingerprint density at radius 2 is 2.16 bits per heavy atom. The van der Waals surface area contributed by atoms with Crippen LogP contribution in [0.5, 0.6) is 5.75 Å². The molecule has 25 heavy (non-hydrogen) atoms. The van der Waals surface area contributed by atoms with Gasteiger partial charge >= 0.3 is 6.09 Å². The van der Waals surface area contributed by atoms with Crippen molar-refractivity contribution in [1.29, 1.82) is 0 Å². The van der Waals surface area contributed by atoms with Crippen molar-refractivity contribution in [2.24, 2.45) is 0 Å². The van der Waals surface area contributed by atoms with E-state index in [2.05, 4.69) is 10.6 Å². The van der Waals surface area contributed by atoms with Gasteiger partial charge in [-0.15, -0.1) is 0 Å². The van der Waals surface area contributed by atoms with Gasteiger partial charge in [0.2, 0.25) is 11.8 Å². The molecule has 0 saturated carbocycles. The molecule has 0 radical (unpaired) electrons. The topological polar surface area (TPSA) is 125 Å². The maximum Gasteiger partial charge on any atom is 0.404 e. The van der Waals surface area contributed by atoms with Crippen LogP contribution in [0.1, 0.15) is 34.3 Å². The SMILES string of the molecule is COc1cc(CNC(=O)O)cc2c1CN(C1CCC(=O)NC1=O)C2=O. The Kier molecular flexibility index (Phi) is 4.30. The van der Waals surface area contributed by atoms with Crippen molar-refractivity contribution in [1.82, 2.24) is 15.5 Å². The first kappa shape index (κ1) is 16.7. The largest absolute Gasteiger partial charge is 0.496 e. The number of piperidine rings is 1. The fraction of sp³-hybridized carbons (Fsp3) is 0.375. The van der Waals surface area contributed by atoms with Crippen molar-refractivity contribution in [2.75, 3.05) is 7.11 Å². The fourth-order valence-corrected chi connectivity index (χ4v) is 3.15. The van der Waals surface area contributed by atoms with Gasteiger partial charge in [0.15, 0.2) is 0 Å². The molecule has 132 valence electrons. The fourth-order valence-electron chi connectivity index (χ4n) is 3.15. The molecule has 9 heteroatoms. The summed E-state index contributed by atoms with van der Waals surface area (Å²) in [6.07, 6.45) is -0.710. The second-order valence-electron chi connectivity index (χ2n) is 5.88. The minimum Gasteiger partial charge on any atom is -0.496 e. The number of methoxy groups -OCH3 is 1. The van der Waals surface area contributed by atoms with E-state index in [-0.39, 0.29) is 37.7 Å². The Labute approximate surface area is 142 Å². The molecule has 3 N–H and O–H groups in total. The number of carbonyl (C=O) groups is 4. The molecular formula is C16H17N3O6. The Balaban J connectivity index is 1.88. The van der Waals surface area contributed by atoms with Crippen LogP contribution >= 0.6 is 0 Å². The Hall–Kier alpha value is -3.10. The van der Waals surface area contributed by atoms with Gasteiger partial charge in [0, 0.05) is 24.1 Å².